The maximum absolute atomic E-state index is 13.0. The summed E-state index contributed by atoms with van der Waals surface area (Å²) >= 11 is 5.55. The summed E-state index contributed by atoms with van der Waals surface area (Å²) in [6.45, 7) is 1.40. The molecule has 1 aromatic carbocycles. The van der Waals surface area contributed by atoms with Crippen molar-refractivity contribution in [2.24, 2.45) is 0 Å². The molecule has 0 saturated carbocycles. The summed E-state index contributed by atoms with van der Waals surface area (Å²) in [7, 11) is -4.30. The summed E-state index contributed by atoms with van der Waals surface area (Å²) in [6.07, 6.45) is -2.49. The first-order valence-electron chi connectivity index (χ1n) is 7.76. The molecule has 5 nitrogen and oxygen atoms in total. The van der Waals surface area contributed by atoms with Crippen LogP contribution in [-0.4, -0.2) is 40.9 Å². The van der Waals surface area contributed by atoms with Crippen LogP contribution in [0.1, 0.15) is 24.8 Å². The maximum atomic E-state index is 13.0. The van der Waals surface area contributed by atoms with E-state index in [4.69, 9.17) is 21.1 Å². The lowest BCUT2D eigenvalue weighted by Crippen LogP contribution is -2.28. The van der Waals surface area contributed by atoms with Gasteiger partial charge in [0.15, 0.2) is 0 Å². The molecule has 0 amide bonds. The quantitative estimate of drug-likeness (QED) is 0.679. The molecule has 1 aliphatic heterocycles. The van der Waals surface area contributed by atoms with Gasteiger partial charge in [-0.3, -0.25) is 0 Å². The zero-order valence-electron chi connectivity index (χ0n) is 13.3. The van der Waals surface area contributed by atoms with Crippen LogP contribution < -0.4 is 4.72 Å². The first-order valence-corrected chi connectivity index (χ1v) is 9.62. The second kappa shape index (κ2) is 8.68. The minimum absolute atomic E-state index is 0.0339. The Morgan fingerprint density at radius 2 is 2.12 bits per heavy atom. The third-order valence-electron chi connectivity index (χ3n) is 3.62. The van der Waals surface area contributed by atoms with Crippen LogP contribution in [0.5, 0.6) is 0 Å². The number of hydrogen-bond acceptors (Lipinski definition) is 4. The van der Waals surface area contributed by atoms with Crippen LogP contribution in [0.3, 0.4) is 0 Å². The van der Waals surface area contributed by atoms with Crippen LogP contribution in [0.25, 0.3) is 0 Å². The van der Waals surface area contributed by atoms with Gasteiger partial charge in [0.05, 0.1) is 23.2 Å². The minimum Gasteiger partial charge on any atom is -0.379 e. The average molecular weight is 402 g/mol. The predicted octanol–water partition coefficient (Wildman–Crippen LogP) is 3.22. The number of benzene rings is 1. The molecule has 0 spiro atoms. The number of rotatable bonds is 8. The first-order chi connectivity index (χ1) is 11.7. The van der Waals surface area contributed by atoms with Crippen LogP contribution in [0.4, 0.5) is 13.2 Å². The fourth-order valence-corrected chi connectivity index (χ4v) is 3.86. The van der Waals surface area contributed by atoms with Crippen molar-refractivity contribution < 1.29 is 31.1 Å². The van der Waals surface area contributed by atoms with Gasteiger partial charge in [-0.25, -0.2) is 13.1 Å². The van der Waals surface area contributed by atoms with Gasteiger partial charge in [0.2, 0.25) is 10.0 Å². The normalized spacial score (nSPS) is 18.6. The van der Waals surface area contributed by atoms with Crippen LogP contribution in [0, 0.1) is 0 Å². The highest BCUT2D eigenvalue weighted by Gasteiger charge is 2.37. The van der Waals surface area contributed by atoms with Crippen molar-refractivity contribution in [1.29, 1.82) is 0 Å². The number of sulfonamides is 1. The van der Waals surface area contributed by atoms with Crippen molar-refractivity contribution in [3.8, 4) is 0 Å². The van der Waals surface area contributed by atoms with Gasteiger partial charge < -0.3 is 9.47 Å². The predicted molar refractivity (Wildman–Crippen MR) is 86.1 cm³/mol. The molecule has 25 heavy (non-hydrogen) atoms. The zero-order valence-corrected chi connectivity index (χ0v) is 14.9. The minimum atomic E-state index is -4.82. The summed E-state index contributed by atoms with van der Waals surface area (Å²) in [5.41, 5.74) is -1.29. The Balaban J connectivity index is 1.87. The molecular formula is C15H19ClF3NO4S. The molecular weight excluding hydrogens is 383 g/mol. The second-order valence-corrected chi connectivity index (χ2v) is 7.77. The molecule has 1 heterocycles. The molecule has 1 unspecified atom stereocenters. The van der Waals surface area contributed by atoms with Crippen molar-refractivity contribution in [1.82, 2.24) is 4.72 Å². The Morgan fingerprint density at radius 3 is 2.76 bits per heavy atom. The van der Waals surface area contributed by atoms with E-state index in [1.165, 1.54) is 0 Å². The number of alkyl halides is 3. The van der Waals surface area contributed by atoms with Crippen LogP contribution >= 0.6 is 11.6 Å². The van der Waals surface area contributed by atoms with E-state index in [0.717, 1.165) is 31.6 Å². The Kier molecular flexibility index (Phi) is 7.10. The molecule has 142 valence electrons. The molecule has 0 aromatic heterocycles. The summed E-state index contributed by atoms with van der Waals surface area (Å²) in [5, 5.41) is -0.186. The summed E-state index contributed by atoms with van der Waals surface area (Å²) < 4.78 is 76.2. The molecule has 0 radical (unpaired) electrons. The fraction of sp³-hybridized carbons (Fsp3) is 0.600. The molecule has 0 bridgehead atoms. The van der Waals surface area contributed by atoms with Gasteiger partial charge in [-0.2, -0.15) is 13.2 Å². The van der Waals surface area contributed by atoms with Gasteiger partial charge in [0.25, 0.3) is 0 Å². The second-order valence-electron chi connectivity index (χ2n) is 5.60. The Hall–Kier alpha value is -0.870. The van der Waals surface area contributed by atoms with Crippen LogP contribution in [0.2, 0.25) is 5.02 Å². The number of ether oxygens (including phenoxy) is 2. The number of halogens is 4. The van der Waals surface area contributed by atoms with E-state index in [0.29, 0.717) is 19.1 Å². The summed E-state index contributed by atoms with van der Waals surface area (Å²) in [5.74, 6) is 0. The van der Waals surface area contributed by atoms with E-state index in [1.807, 2.05) is 0 Å². The molecule has 1 saturated heterocycles. The molecule has 2 rings (SSSR count). The average Bonchev–Trinajstić information content (AvgIpc) is 3.03. The highest BCUT2D eigenvalue weighted by Crippen LogP contribution is 2.35. The fourth-order valence-electron chi connectivity index (χ4n) is 2.41. The van der Waals surface area contributed by atoms with Crippen molar-refractivity contribution >= 4 is 21.6 Å². The third-order valence-corrected chi connectivity index (χ3v) is 5.38. The monoisotopic (exact) mass is 401 g/mol. The van der Waals surface area contributed by atoms with Gasteiger partial charge in [-0.15, -0.1) is 0 Å². The SMILES string of the molecule is O=S(=O)(NCCCOCC1CCCO1)c1ccc(Cl)cc1C(F)(F)F. The van der Waals surface area contributed by atoms with E-state index in [-0.39, 0.29) is 24.3 Å². The molecule has 1 N–H and O–H groups in total. The summed E-state index contributed by atoms with van der Waals surface area (Å²) in [4.78, 5) is -0.843. The number of hydrogen-bond donors (Lipinski definition) is 1. The molecule has 10 heteroatoms. The molecule has 0 aliphatic carbocycles. The Labute approximate surface area is 149 Å². The van der Waals surface area contributed by atoms with Gasteiger partial charge in [0.1, 0.15) is 0 Å². The van der Waals surface area contributed by atoms with Crippen molar-refractivity contribution in [3.63, 3.8) is 0 Å². The smallest absolute Gasteiger partial charge is 0.379 e. The van der Waals surface area contributed by atoms with Crippen LogP contribution in [-0.2, 0) is 25.7 Å². The van der Waals surface area contributed by atoms with E-state index in [1.54, 1.807) is 0 Å². The lowest BCUT2D eigenvalue weighted by atomic mass is 10.2. The Bertz CT molecular complexity index is 676. The highest BCUT2D eigenvalue weighted by atomic mass is 35.5. The Morgan fingerprint density at radius 1 is 1.36 bits per heavy atom. The molecule has 1 atom stereocenters. The number of nitrogens with one attached hydrogen (secondary N) is 1. The maximum Gasteiger partial charge on any atom is 0.417 e. The van der Waals surface area contributed by atoms with Crippen LogP contribution in [0.15, 0.2) is 23.1 Å². The van der Waals surface area contributed by atoms with Gasteiger partial charge in [-0.1, -0.05) is 11.6 Å². The molecule has 1 aromatic rings. The largest absolute Gasteiger partial charge is 0.417 e. The van der Waals surface area contributed by atoms with E-state index in [2.05, 4.69) is 4.72 Å². The third kappa shape index (κ3) is 6.10. The first kappa shape index (κ1) is 20.4. The van der Waals surface area contributed by atoms with Gasteiger partial charge >= 0.3 is 6.18 Å². The van der Waals surface area contributed by atoms with Crippen molar-refractivity contribution in [2.75, 3.05) is 26.4 Å². The topological polar surface area (TPSA) is 64.6 Å². The highest BCUT2D eigenvalue weighted by molar-refractivity contribution is 7.89. The van der Waals surface area contributed by atoms with E-state index >= 15 is 0 Å². The lowest BCUT2D eigenvalue weighted by molar-refractivity contribution is -0.139. The van der Waals surface area contributed by atoms with Gasteiger partial charge in [-0.05, 0) is 37.5 Å². The lowest BCUT2D eigenvalue weighted by Gasteiger charge is -2.14. The zero-order chi connectivity index (χ0) is 18.5. The molecule has 1 fully saturated rings. The standard InChI is InChI=1S/C15H19ClF3NO4S/c16-11-4-5-14(13(9-11)15(17,18)19)25(21,22)20-6-2-7-23-10-12-3-1-8-24-12/h4-5,9,12,20H,1-3,6-8,10H2. The van der Waals surface area contributed by atoms with E-state index < -0.39 is 26.7 Å². The van der Waals surface area contributed by atoms with Gasteiger partial charge in [0, 0.05) is 24.8 Å². The van der Waals surface area contributed by atoms with E-state index in [9.17, 15) is 21.6 Å². The summed E-state index contributed by atoms with van der Waals surface area (Å²) in [6, 6.07) is 2.55. The van der Waals surface area contributed by atoms with Crippen molar-refractivity contribution in [2.45, 2.75) is 36.4 Å². The molecule has 1 aliphatic rings. The van der Waals surface area contributed by atoms with Crippen molar-refractivity contribution in [3.05, 3.63) is 28.8 Å².